The fourth-order valence-electron chi connectivity index (χ4n) is 2.66. The minimum atomic E-state index is -0.255. The molecule has 1 aromatic carbocycles. The molecule has 1 atom stereocenters. The number of nitrogens with zero attached hydrogens (tertiary/aromatic N) is 1. The van der Waals surface area contributed by atoms with Gasteiger partial charge in [0, 0.05) is 36.8 Å². The first-order valence-electron chi connectivity index (χ1n) is 7.24. The van der Waals surface area contributed by atoms with Crippen LogP contribution in [0.4, 0.5) is 4.39 Å². The molecule has 2 rings (SSSR count). The van der Waals surface area contributed by atoms with E-state index in [0.717, 1.165) is 19.4 Å². The summed E-state index contributed by atoms with van der Waals surface area (Å²) >= 11 is 5.91. The van der Waals surface area contributed by atoms with Crippen molar-refractivity contribution in [3.05, 3.63) is 34.6 Å². The highest BCUT2D eigenvalue weighted by Gasteiger charge is 2.25. The van der Waals surface area contributed by atoms with Crippen LogP contribution in [-0.4, -0.2) is 37.0 Å². The summed E-state index contributed by atoms with van der Waals surface area (Å²) in [4.78, 5) is 14.1. The van der Waals surface area contributed by atoms with Crippen molar-refractivity contribution in [1.29, 1.82) is 0 Å². The van der Waals surface area contributed by atoms with Gasteiger partial charge in [-0.25, -0.2) is 4.39 Å². The summed E-state index contributed by atoms with van der Waals surface area (Å²) in [6, 6.07) is 4.57. The third kappa shape index (κ3) is 5.39. The van der Waals surface area contributed by atoms with Crippen LogP contribution in [0.1, 0.15) is 18.4 Å². The largest absolute Gasteiger partial charge is 0.355 e. The second-order valence-electron chi connectivity index (χ2n) is 5.39. The number of likely N-dealkylation sites (tertiary alicyclic amines) is 1. The minimum absolute atomic E-state index is 0. The van der Waals surface area contributed by atoms with Gasteiger partial charge in [0.25, 0.3) is 0 Å². The van der Waals surface area contributed by atoms with E-state index in [4.69, 9.17) is 17.3 Å². The molecule has 0 saturated carbocycles. The normalized spacial score (nSPS) is 18.6. The molecule has 3 N–H and O–H groups in total. The number of amides is 1. The molecule has 0 aliphatic carbocycles. The van der Waals surface area contributed by atoms with Crippen LogP contribution in [0.25, 0.3) is 0 Å². The first-order chi connectivity index (χ1) is 10.1. The Morgan fingerprint density at radius 3 is 3.00 bits per heavy atom. The maximum atomic E-state index is 13.8. The van der Waals surface area contributed by atoms with Crippen LogP contribution in [0.15, 0.2) is 18.2 Å². The van der Waals surface area contributed by atoms with Gasteiger partial charge in [-0.15, -0.1) is 12.4 Å². The van der Waals surface area contributed by atoms with Gasteiger partial charge in [-0.1, -0.05) is 11.6 Å². The second-order valence-corrected chi connectivity index (χ2v) is 5.83. The van der Waals surface area contributed by atoms with Crippen LogP contribution < -0.4 is 11.1 Å². The van der Waals surface area contributed by atoms with E-state index in [1.165, 1.54) is 6.07 Å². The number of piperidine rings is 1. The van der Waals surface area contributed by atoms with Crippen molar-refractivity contribution in [3.63, 3.8) is 0 Å². The zero-order chi connectivity index (χ0) is 15.2. The molecule has 0 radical (unpaired) electrons. The summed E-state index contributed by atoms with van der Waals surface area (Å²) in [7, 11) is 0. The molecule has 0 aromatic heterocycles. The summed E-state index contributed by atoms with van der Waals surface area (Å²) in [6.07, 6.45) is 1.80. The average molecular weight is 350 g/mol. The average Bonchev–Trinajstić information content (AvgIpc) is 2.49. The molecule has 4 nitrogen and oxygen atoms in total. The van der Waals surface area contributed by atoms with E-state index in [-0.39, 0.29) is 30.0 Å². The number of carbonyl (C=O) groups is 1. The lowest BCUT2D eigenvalue weighted by atomic mass is 9.96. The number of hydrogen-bond acceptors (Lipinski definition) is 3. The van der Waals surface area contributed by atoms with Gasteiger partial charge in [-0.05, 0) is 37.6 Å². The molecule has 1 aromatic rings. The Bertz CT molecular complexity index is 502. The van der Waals surface area contributed by atoms with Gasteiger partial charge in [0.1, 0.15) is 5.82 Å². The Labute approximate surface area is 141 Å². The highest BCUT2D eigenvalue weighted by Crippen LogP contribution is 2.21. The van der Waals surface area contributed by atoms with Crippen LogP contribution in [0.5, 0.6) is 0 Å². The van der Waals surface area contributed by atoms with Crippen molar-refractivity contribution in [1.82, 2.24) is 10.2 Å². The molecular formula is C15H22Cl2FN3O. The van der Waals surface area contributed by atoms with E-state index in [2.05, 4.69) is 10.2 Å². The number of benzene rings is 1. The predicted molar refractivity (Wildman–Crippen MR) is 88.7 cm³/mol. The standard InChI is InChI=1S/C15H21ClFN3O.ClH/c16-13-3-4-14(17)12(8-13)10-20-7-1-2-11(9-20)15(21)19-6-5-18;/h3-4,8,11H,1-2,5-7,9-10,18H2,(H,19,21);1H. The van der Waals surface area contributed by atoms with Crippen molar-refractivity contribution in [2.75, 3.05) is 26.2 Å². The van der Waals surface area contributed by atoms with E-state index in [9.17, 15) is 9.18 Å². The Balaban J connectivity index is 0.00000242. The smallest absolute Gasteiger partial charge is 0.224 e. The second kappa shape index (κ2) is 9.30. The number of hydrogen-bond donors (Lipinski definition) is 2. The summed E-state index contributed by atoms with van der Waals surface area (Å²) in [5.41, 5.74) is 5.96. The van der Waals surface area contributed by atoms with Crippen LogP contribution in [0.3, 0.4) is 0 Å². The third-order valence-electron chi connectivity index (χ3n) is 3.72. The Morgan fingerprint density at radius 1 is 1.50 bits per heavy atom. The van der Waals surface area contributed by atoms with Crippen molar-refractivity contribution in [2.24, 2.45) is 11.7 Å². The predicted octanol–water partition coefficient (Wildman–Crippen LogP) is 2.19. The molecule has 7 heteroatoms. The maximum Gasteiger partial charge on any atom is 0.224 e. The molecule has 22 heavy (non-hydrogen) atoms. The summed E-state index contributed by atoms with van der Waals surface area (Å²) in [5.74, 6) is -0.265. The number of nitrogens with two attached hydrogens (primary N) is 1. The zero-order valence-corrected chi connectivity index (χ0v) is 13.9. The number of halogens is 3. The van der Waals surface area contributed by atoms with E-state index < -0.39 is 0 Å². The van der Waals surface area contributed by atoms with Crippen molar-refractivity contribution in [2.45, 2.75) is 19.4 Å². The van der Waals surface area contributed by atoms with E-state index in [1.54, 1.807) is 12.1 Å². The molecular weight excluding hydrogens is 328 g/mol. The maximum absolute atomic E-state index is 13.8. The Hall–Kier alpha value is -0.880. The molecule has 0 spiro atoms. The lowest BCUT2D eigenvalue weighted by molar-refractivity contribution is -0.126. The first-order valence-corrected chi connectivity index (χ1v) is 7.62. The van der Waals surface area contributed by atoms with Gasteiger partial charge in [0.05, 0.1) is 5.92 Å². The molecule has 124 valence electrons. The van der Waals surface area contributed by atoms with E-state index in [1.807, 2.05) is 0 Å². The molecule has 1 aliphatic rings. The number of rotatable bonds is 5. The van der Waals surface area contributed by atoms with Gasteiger partial charge in [0.15, 0.2) is 0 Å². The van der Waals surface area contributed by atoms with Gasteiger partial charge < -0.3 is 11.1 Å². The lowest BCUT2D eigenvalue weighted by Crippen LogP contribution is -2.43. The first kappa shape index (κ1) is 19.2. The van der Waals surface area contributed by atoms with Crippen LogP contribution in [0.2, 0.25) is 5.02 Å². The molecule has 1 amide bonds. The number of carbonyl (C=O) groups excluding carboxylic acids is 1. The van der Waals surface area contributed by atoms with Crippen molar-refractivity contribution >= 4 is 29.9 Å². The number of nitrogens with one attached hydrogen (secondary N) is 1. The Kier molecular flexibility index (Phi) is 8.10. The van der Waals surface area contributed by atoms with Crippen LogP contribution in [0, 0.1) is 11.7 Å². The van der Waals surface area contributed by atoms with Crippen molar-refractivity contribution < 1.29 is 9.18 Å². The highest BCUT2D eigenvalue weighted by atomic mass is 35.5. The van der Waals surface area contributed by atoms with E-state index in [0.29, 0.717) is 36.8 Å². The van der Waals surface area contributed by atoms with Gasteiger partial charge in [-0.3, -0.25) is 9.69 Å². The quantitative estimate of drug-likeness (QED) is 0.856. The third-order valence-corrected chi connectivity index (χ3v) is 3.96. The monoisotopic (exact) mass is 349 g/mol. The van der Waals surface area contributed by atoms with Crippen LogP contribution >= 0.6 is 24.0 Å². The van der Waals surface area contributed by atoms with Gasteiger partial charge >= 0.3 is 0 Å². The summed E-state index contributed by atoms with van der Waals surface area (Å²) in [5, 5.41) is 3.35. The fraction of sp³-hybridized carbons (Fsp3) is 0.533. The molecule has 1 aliphatic heterocycles. The van der Waals surface area contributed by atoms with E-state index >= 15 is 0 Å². The summed E-state index contributed by atoms with van der Waals surface area (Å²) in [6.45, 7) is 2.93. The summed E-state index contributed by atoms with van der Waals surface area (Å²) < 4.78 is 13.8. The molecule has 1 heterocycles. The lowest BCUT2D eigenvalue weighted by Gasteiger charge is -2.32. The molecule has 0 bridgehead atoms. The molecule has 1 saturated heterocycles. The fourth-order valence-corrected chi connectivity index (χ4v) is 2.85. The minimum Gasteiger partial charge on any atom is -0.355 e. The van der Waals surface area contributed by atoms with Gasteiger partial charge in [0.2, 0.25) is 5.91 Å². The Morgan fingerprint density at radius 2 is 2.27 bits per heavy atom. The SMILES string of the molecule is Cl.NCCNC(=O)C1CCCN(Cc2cc(Cl)ccc2F)C1. The van der Waals surface area contributed by atoms with Gasteiger partial charge in [-0.2, -0.15) is 0 Å². The highest BCUT2D eigenvalue weighted by molar-refractivity contribution is 6.30. The van der Waals surface area contributed by atoms with Crippen LogP contribution in [-0.2, 0) is 11.3 Å². The molecule has 1 fully saturated rings. The zero-order valence-electron chi connectivity index (χ0n) is 12.4. The topological polar surface area (TPSA) is 58.4 Å². The molecule has 1 unspecified atom stereocenters. The van der Waals surface area contributed by atoms with Crippen molar-refractivity contribution in [3.8, 4) is 0 Å².